The van der Waals surface area contributed by atoms with Gasteiger partial charge in [0.2, 0.25) is 0 Å². The molecule has 2 aromatic heterocycles. The summed E-state index contributed by atoms with van der Waals surface area (Å²) in [6.07, 6.45) is 7.29. The summed E-state index contributed by atoms with van der Waals surface area (Å²) in [5, 5.41) is 0. The molecule has 0 N–H and O–H groups in total. The van der Waals surface area contributed by atoms with Gasteiger partial charge in [0.15, 0.2) is 0 Å². The third-order valence-corrected chi connectivity index (χ3v) is 1.56. The molecular formula is C10H11N2NaS. The van der Waals surface area contributed by atoms with Crippen molar-refractivity contribution in [2.24, 2.45) is 0 Å². The van der Waals surface area contributed by atoms with E-state index in [-0.39, 0.29) is 29.6 Å². The summed E-state index contributed by atoms with van der Waals surface area (Å²) in [5.74, 6) is 0. The van der Waals surface area contributed by atoms with Crippen LogP contribution >= 0.6 is 12.2 Å². The molecule has 0 atom stereocenters. The van der Waals surface area contributed by atoms with Crippen LogP contribution in [0.1, 0.15) is 0 Å². The maximum absolute atomic E-state index is 4.61. The predicted octanol–water partition coefficient (Wildman–Crippen LogP) is 1.73. The Morgan fingerprint density at radius 2 is 1.50 bits per heavy atom. The molecular weight excluding hydrogens is 203 g/mol. The van der Waals surface area contributed by atoms with E-state index in [1.54, 1.807) is 17.9 Å². The van der Waals surface area contributed by atoms with Crippen molar-refractivity contribution in [2.75, 3.05) is 0 Å². The standard InChI is InChI=1S/C5H5NS.C5H5N.Na.H/c7-5-6-3-1-2-4-6;1-2-4-6-5-3-1;;/h1-5H;1-5H;;. The van der Waals surface area contributed by atoms with Crippen LogP contribution in [0.4, 0.5) is 0 Å². The molecule has 2 nitrogen and oxygen atoms in total. The SMILES string of the molecule is S=Cn1cccc1.[NaH].c1ccncc1. The Morgan fingerprint density at radius 3 is 1.71 bits per heavy atom. The fourth-order valence-electron chi connectivity index (χ4n) is 0.731. The minimum Gasteiger partial charge on any atom is -0.265 e. The Hall–Kier alpha value is -0.480. The van der Waals surface area contributed by atoms with Gasteiger partial charge < -0.3 is 4.57 Å². The maximum atomic E-state index is 4.61. The summed E-state index contributed by atoms with van der Waals surface area (Å²) < 4.78 is 1.81. The molecule has 0 saturated heterocycles. The van der Waals surface area contributed by atoms with Crippen LogP contribution in [-0.4, -0.2) is 44.6 Å². The number of rotatable bonds is 1. The third-order valence-electron chi connectivity index (χ3n) is 1.32. The van der Waals surface area contributed by atoms with Gasteiger partial charge in [-0.05, 0) is 24.3 Å². The largest absolute Gasteiger partial charge is 0.265 e. The van der Waals surface area contributed by atoms with Crippen molar-refractivity contribution in [3.05, 3.63) is 55.1 Å². The average molecular weight is 214 g/mol. The topological polar surface area (TPSA) is 17.8 Å². The monoisotopic (exact) mass is 214 g/mol. The fourth-order valence-corrected chi connectivity index (χ4v) is 0.871. The Balaban J connectivity index is 0.000000227. The molecule has 68 valence electrons. The zero-order valence-electron chi connectivity index (χ0n) is 7.08. The number of hydrogen-bond acceptors (Lipinski definition) is 2. The first kappa shape index (κ1) is 13.5. The normalized spacial score (nSPS) is 7.71. The van der Waals surface area contributed by atoms with Gasteiger partial charge in [-0.1, -0.05) is 18.3 Å². The second-order valence-corrected chi connectivity index (χ2v) is 2.47. The van der Waals surface area contributed by atoms with E-state index in [2.05, 4.69) is 17.2 Å². The number of pyridine rings is 1. The first-order valence-electron chi connectivity index (χ1n) is 3.86. The average Bonchev–Trinajstić information content (AvgIpc) is 2.74. The van der Waals surface area contributed by atoms with Crippen molar-refractivity contribution in [1.29, 1.82) is 0 Å². The molecule has 0 radical (unpaired) electrons. The first-order chi connectivity index (χ1) is 6.43. The predicted molar refractivity (Wildman–Crippen MR) is 64.9 cm³/mol. The molecule has 0 saturated carbocycles. The van der Waals surface area contributed by atoms with E-state index in [0.29, 0.717) is 0 Å². The van der Waals surface area contributed by atoms with Crippen molar-refractivity contribution < 1.29 is 0 Å². The fraction of sp³-hybridized carbons (Fsp3) is 0. The summed E-state index contributed by atoms with van der Waals surface area (Å²) in [4.78, 5) is 3.78. The minimum absolute atomic E-state index is 0. The van der Waals surface area contributed by atoms with E-state index in [4.69, 9.17) is 0 Å². The van der Waals surface area contributed by atoms with Gasteiger partial charge >= 0.3 is 29.6 Å². The number of thiocarbonyl (C=S) groups is 1. The smallest absolute Gasteiger partial charge is 0.0267 e. The van der Waals surface area contributed by atoms with Gasteiger partial charge in [0.25, 0.3) is 0 Å². The second-order valence-electron chi connectivity index (χ2n) is 2.26. The van der Waals surface area contributed by atoms with E-state index >= 15 is 0 Å². The molecule has 0 unspecified atom stereocenters. The van der Waals surface area contributed by atoms with E-state index in [9.17, 15) is 0 Å². The second kappa shape index (κ2) is 9.09. The van der Waals surface area contributed by atoms with Gasteiger partial charge in [-0.15, -0.1) is 0 Å². The number of aromatic nitrogens is 2. The molecule has 0 aliphatic carbocycles. The molecule has 4 heteroatoms. The van der Waals surface area contributed by atoms with Gasteiger partial charge in [0.05, 0.1) is 5.49 Å². The van der Waals surface area contributed by atoms with Crippen molar-refractivity contribution in [2.45, 2.75) is 0 Å². The number of hydrogen-bond donors (Lipinski definition) is 0. The summed E-state index contributed by atoms with van der Waals surface area (Å²) in [6.45, 7) is 0. The third kappa shape index (κ3) is 6.05. The van der Waals surface area contributed by atoms with Crippen LogP contribution in [0.3, 0.4) is 0 Å². The first-order valence-corrected chi connectivity index (χ1v) is 4.33. The Labute approximate surface area is 111 Å². The molecule has 0 spiro atoms. The molecule has 2 aromatic rings. The van der Waals surface area contributed by atoms with Crippen LogP contribution in [0.15, 0.2) is 55.1 Å². The van der Waals surface area contributed by atoms with E-state index < -0.39 is 0 Å². The quantitative estimate of drug-likeness (QED) is 0.531. The molecule has 0 aliphatic heterocycles. The minimum atomic E-state index is 0. The zero-order valence-corrected chi connectivity index (χ0v) is 7.89. The summed E-state index contributed by atoms with van der Waals surface area (Å²) >= 11 is 4.61. The summed E-state index contributed by atoms with van der Waals surface area (Å²) in [5.41, 5.74) is 1.58. The molecule has 0 aromatic carbocycles. The van der Waals surface area contributed by atoms with E-state index in [1.165, 1.54) is 0 Å². The molecule has 0 amide bonds. The van der Waals surface area contributed by atoms with Gasteiger partial charge in [-0.3, -0.25) is 4.98 Å². The van der Waals surface area contributed by atoms with Gasteiger partial charge in [-0.25, -0.2) is 0 Å². The summed E-state index contributed by atoms with van der Waals surface area (Å²) in [7, 11) is 0. The van der Waals surface area contributed by atoms with Crippen molar-refractivity contribution in [1.82, 2.24) is 9.55 Å². The van der Waals surface area contributed by atoms with Crippen LogP contribution in [-0.2, 0) is 0 Å². The molecule has 14 heavy (non-hydrogen) atoms. The van der Waals surface area contributed by atoms with Gasteiger partial charge in [0, 0.05) is 24.8 Å². The molecule has 2 rings (SSSR count). The molecule has 0 bridgehead atoms. The van der Waals surface area contributed by atoms with Crippen LogP contribution < -0.4 is 0 Å². The van der Waals surface area contributed by atoms with Crippen molar-refractivity contribution in [3.8, 4) is 0 Å². The zero-order chi connectivity index (χ0) is 9.36. The van der Waals surface area contributed by atoms with Gasteiger partial charge in [-0.2, -0.15) is 0 Å². The van der Waals surface area contributed by atoms with E-state index in [0.717, 1.165) is 0 Å². The number of nitrogens with zero attached hydrogens (tertiary/aromatic N) is 2. The van der Waals surface area contributed by atoms with Crippen LogP contribution in [0.25, 0.3) is 0 Å². The van der Waals surface area contributed by atoms with Crippen molar-refractivity contribution >= 4 is 47.3 Å². The molecule has 0 fully saturated rings. The molecule has 0 aliphatic rings. The van der Waals surface area contributed by atoms with E-state index in [1.807, 2.05) is 47.3 Å². The Morgan fingerprint density at radius 1 is 0.929 bits per heavy atom. The Bertz CT molecular complexity index is 294. The Kier molecular flexibility index (Phi) is 8.78. The van der Waals surface area contributed by atoms with Crippen LogP contribution in [0.5, 0.6) is 0 Å². The van der Waals surface area contributed by atoms with Crippen molar-refractivity contribution in [3.63, 3.8) is 0 Å². The van der Waals surface area contributed by atoms with Crippen LogP contribution in [0.2, 0.25) is 0 Å². The maximum Gasteiger partial charge on any atom is 0.0267 e. The summed E-state index contributed by atoms with van der Waals surface area (Å²) in [6, 6.07) is 9.58. The van der Waals surface area contributed by atoms with Gasteiger partial charge in [0.1, 0.15) is 0 Å². The van der Waals surface area contributed by atoms with Crippen LogP contribution in [0, 0.1) is 0 Å². The molecule has 2 heterocycles.